The summed E-state index contributed by atoms with van der Waals surface area (Å²) in [6.45, 7) is 9.35. The van der Waals surface area contributed by atoms with Crippen LogP contribution in [0.5, 0.6) is 5.75 Å². The minimum Gasteiger partial charge on any atom is -0.476 e. The number of carboxylic acid groups (broad SMARTS) is 1. The molecule has 7 aromatic rings. The zero-order chi connectivity index (χ0) is 47.4. The highest BCUT2D eigenvalue weighted by Gasteiger charge is 2.33. The standard InChI is InChI=1S/C48H44F4N10O5/c1-47(2,3)27-58-20-16-33(17-21-58)62-42-40(39(44(64)65)56-45(57-42)55-31-10-14-34(15-11-31)67-48(50,51)52)61(46(62)66)32-12-8-29(9-13-32)43(63)59-22-18-35-36-5-4-19-54-41(36)60(38(35)26-59)25-30-7-6-28(24-53)23-37(30)49/h4-15,19,23,33H,16-18,20-22,25-27H2,1-3H3,(H,64,65)(H,55,56,57). The van der Waals surface area contributed by atoms with Gasteiger partial charge in [0.1, 0.15) is 22.7 Å². The Morgan fingerprint density at radius 3 is 2.34 bits per heavy atom. The van der Waals surface area contributed by atoms with Gasteiger partial charge in [0.2, 0.25) is 5.95 Å². The molecule has 0 aliphatic carbocycles. The zero-order valence-electron chi connectivity index (χ0n) is 36.6. The lowest BCUT2D eigenvalue weighted by molar-refractivity contribution is -0.274. The number of carbonyl (C=O) groups excluding carboxylic acids is 1. The third kappa shape index (κ3) is 9.04. The van der Waals surface area contributed by atoms with Gasteiger partial charge in [-0.1, -0.05) is 26.8 Å². The first-order valence-electron chi connectivity index (χ1n) is 21.6. The van der Waals surface area contributed by atoms with Gasteiger partial charge in [0, 0.05) is 66.3 Å². The molecule has 0 bridgehead atoms. The Morgan fingerprint density at radius 2 is 1.69 bits per heavy atom. The number of halogens is 4. The van der Waals surface area contributed by atoms with Gasteiger partial charge in [-0.15, -0.1) is 13.2 Å². The van der Waals surface area contributed by atoms with E-state index >= 15 is 4.39 Å². The number of alkyl halides is 3. The number of ether oxygens (including phenoxy) is 1. The number of rotatable bonds is 10. The Hall–Kier alpha value is -7.59. The second kappa shape index (κ2) is 17.3. The van der Waals surface area contributed by atoms with Crippen LogP contribution in [0.15, 0.2) is 89.9 Å². The third-order valence-electron chi connectivity index (χ3n) is 12.1. The predicted molar refractivity (Wildman–Crippen MR) is 239 cm³/mol. The summed E-state index contributed by atoms with van der Waals surface area (Å²) < 4.78 is 62.3. The van der Waals surface area contributed by atoms with Gasteiger partial charge >= 0.3 is 18.0 Å². The van der Waals surface area contributed by atoms with E-state index < -0.39 is 35.3 Å². The van der Waals surface area contributed by atoms with Crippen LogP contribution in [0.1, 0.15) is 82.9 Å². The third-order valence-corrected chi connectivity index (χ3v) is 12.1. The topological polar surface area (TPSA) is 176 Å². The van der Waals surface area contributed by atoms with Gasteiger partial charge in [-0.2, -0.15) is 10.2 Å². The Bertz CT molecular complexity index is 3160. The van der Waals surface area contributed by atoms with Crippen LogP contribution in [0.3, 0.4) is 0 Å². The first kappa shape index (κ1) is 44.6. The van der Waals surface area contributed by atoms with Crippen molar-refractivity contribution in [2.24, 2.45) is 5.41 Å². The molecule has 344 valence electrons. The lowest BCUT2D eigenvalue weighted by Crippen LogP contribution is -2.41. The summed E-state index contributed by atoms with van der Waals surface area (Å²) >= 11 is 0. The molecule has 9 rings (SSSR count). The Morgan fingerprint density at radius 1 is 0.955 bits per heavy atom. The fourth-order valence-corrected chi connectivity index (χ4v) is 9.21. The van der Waals surface area contributed by atoms with Crippen LogP contribution in [0.4, 0.5) is 29.2 Å². The van der Waals surface area contributed by atoms with Crippen LogP contribution >= 0.6 is 0 Å². The number of nitrogens with one attached hydrogen (secondary N) is 1. The van der Waals surface area contributed by atoms with E-state index in [-0.39, 0.29) is 64.5 Å². The van der Waals surface area contributed by atoms with E-state index in [1.54, 1.807) is 47.5 Å². The van der Waals surface area contributed by atoms with Gasteiger partial charge in [-0.05, 0) is 103 Å². The number of benzene rings is 3. The molecule has 0 spiro atoms. The van der Waals surface area contributed by atoms with Crippen molar-refractivity contribution in [3.8, 4) is 17.5 Å². The van der Waals surface area contributed by atoms with Crippen LogP contribution in [-0.4, -0.2) is 88.0 Å². The number of aromatic carboxylic acids is 1. The molecular weight excluding hydrogens is 873 g/mol. The fourth-order valence-electron chi connectivity index (χ4n) is 9.21. The number of aromatic nitrogens is 6. The molecule has 15 nitrogen and oxygen atoms in total. The van der Waals surface area contributed by atoms with Crippen molar-refractivity contribution in [3.63, 3.8) is 0 Å². The second-order valence-corrected chi connectivity index (χ2v) is 18.0. The van der Waals surface area contributed by atoms with E-state index in [4.69, 9.17) is 0 Å². The molecule has 3 aromatic carbocycles. The van der Waals surface area contributed by atoms with E-state index in [0.29, 0.717) is 55.7 Å². The summed E-state index contributed by atoms with van der Waals surface area (Å²) in [6.07, 6.45) is -1.59. The van der Waals surface area contributed by atoms with E-state index in [2.05, 4.69) is 50.7 Å². The lowest BCUT2D eigenvalue weighted by atomic mass is 9.94. The normalized spacial score (nSPS) is 14.9. The van der Waals surface area contributed by atoms with Crippen LogP contribution in [0, 0.1) is 22.6 Å². The summed E-state index contributed by atoms with van der Waals surface area (Å²) in [7, 11) is 0. The maximum absolute atomic E-state index is 15.2. The quantitative estimate of drug-likeness (QED) is 0.127. The van der Waals surface area contributed by atoms with Crippen LogP contribution in [0.25, 0.3) is 27.9 Å². The molecule has 0 radical (unpaired) electrons. The minimum absolute atomic E-state index is 0.0385. The van der Waals surface area contributed by atoms with Gasteiger partial charge in [0.15, 0.2) is 11.3 Å². The van der Waals surface area contributed by atoms with Gasteiger partial charge in [-0.3, -0.25) is 13.9 Å². The molecule has 1 amide bonds. The predicted octanol–water partition coefficient (Wildman–Crippen LogP) is 8.21. The number of pyridine rings is 1. The minimum atomic E-state index is -4.90. The zero-order valence-corrected chi connectivity index (χ0v) is 36.6. The van der Waals surface area contributed by atoms with Crippen molar-refractivity contribution >= 4 is 45.7 Å². The summed E-state index contributed by atoms with van der Waals surface area (Å²) in [5.74, 6) is -2.94. The van der Waals surface area contributed by atoms with E-state index in [0.717, 1.165) is 35.3 Å². The molecule has 67 heavy (non-hydrogen) atoms. The first-order chi connectivity index (χ1) is 31.9. The molecule has 2 aliphatic heterocycles. The average molecular weight is 917 g/mol. The number of fused-ring (bicyclic) bond motifs is 4. The molecule has 0 unspecified atom stereocenters. The molecule has 2 aliphatic rings. The Labute approximate surface area is 380 Å². The van der Waals surface area contributed by atoms with Crippen molar-refractivity contribution in [2.45, 2.75) is 65.5 Å². The van der Waals surface area contributed by atoms with Crippen molar-refractivity contribution in [2.75, 3.05) is 31.5 Å². The number of anilines is 2. The van der Waals surface area contributed by atoms with Crippen molar-refractivity contribution in [1.29, 1.82) is 5.26 Å². The number of hydrogen-bond donors (Lipinski definition) is 2. The van der Waals surface area contributed by atoms with Gasteiger partial charge in [0.05, 0.1) is 30.4 Å². The molecule has 6 heterocycles. The number of carbonyl (C=O) groups is 2. The molecule has 19 heteroatoms. The molecule has 2 N–H and O–H groups in total. The smallest absolute Gasteiger partial charge is 0.476 e. The lowest BCUT2D eigenvalue weighted by Gasteiger charge is -2.36. The maximum atomic E-state index is 15.2. The number of imidazole rings is 1. The van der Waals surface area contributed by atoms with Gasteiger partial charge in [-0.25, -0.2) is 23.9 Å². The largest absolute Gasteiger partial charge is 0.573 e. The highest BCUT2D eigenvalue weighted by atomic mass is 19.4. The van der Waals surface area contributed by atoms with E-state index in [1.165, 1.54) is 27.3 Å². The van der Waals surface area contributed by atoms with Crippen LogP contribution in [0.2, 0.25) is 0 Å². The average Bonchev–Trinajstić information content (AvgIpc) is 3.76. The molecule has 1 fully saturated rings. The van der Waals surface area contributed by atoms with E-state index in [9.17, 15) is 37.9 Å². The fraction of sp³-hybridized carbons (Fsp3) is 0.312. The molecule has 1 saturated heterocycles. The second-order valence-electron chi connectivity index (χ2n) is 18.0. The summed E-state index contributed by atoms with van der Waals surface area (Å²) in [6, 6.07) is 20.7. The highest BCUT2D eigenvalue weighted by molar-refractivity contribution is 6.00. The number of nitrogens with zero attached hydrogens (tertiary/aromatic N) is 9. The maximum Gasteiger partial charge on any atom is 0.573 e. The van der Waals surface area contributed by atoms with Gasteiger partial charge < -0.3 is 29.5 Å². The molecule has 0 saturated carbocycles. The van der Waals surface area contributed by atoms with Crippen LogP contribution in [-0.2, 0) is 19.5 Å². The number of piperidine rings is 1. The number of carboxylic acids is 1. The first-order valence-corrected chi connectivity index (χ1v) is 21.6. The monoisotopic (exact) mass is 916 g/mol. The SMILES string of the molecule is CC(C)(C)CN1CCC(n2c(=O)n(-c3ccc(C(=O)N4CCc5c(n(Cc6ccc(C#N)cc6F)c6ncccc56)C4)cc3)c3c(C(=O)O)nc(Nc4ccc(OC(F)(F)F)cc4)nc32)CC1. The van der Waals surface area contributed by atoms with Crippen molar-refractivity contribution < 1.29 is 37.0 Å². The number of amides is 1. The summed E-state index contributed by atoms with van der Waals surface area (Å²) in [5.41, 5.74) is 2.79. The molecule has 0 atom stereocenters. The van der Waals surface area contributed by atoms with Crippen molar-refractivity contribution in [1.82, 2.24) is 38.5 Å². The summed E-state index contributed by atoms with van der Waals surface area (Å²) in [4.78, 5) is 59.6. The number of hydrogen-bond acceptors (Lipinski definition) is 10. The number of nitriles is 1. The highest BCUT2D eigenvalue weighted by Crippen LogP contribution is 2.34. The van der Waals surface area contributed by atoms with E-state index in [1.807, 2.05) is 22.8 Å². The Kier molecular flexibility index (Phi) is 11.5. The Balaban J connectivity index is 1.05. The van der Waals surface area contributed by atoms with Crippen molar-refractivity contribution in [3.05, 3.63) is 135 Å². The summed E-state index contributed by atoms with van der Waals surface area (Å²) in [5, 5.41) is 23.6. The molecular formula is C48H44F4N10O5. The number of likely N-dealkylation sites (tertiary alicyclic amines) is 1. The van der Waals surface area contributed by atoms with Crippen LogP contribution < -0.4 is 15.7 Å². The van der Waals surface area contributed by atoms with Gasteiger partial charge in [0.25, 0.3) is 5.91 Å². The molecule has 4 aromatic heterocycles.